The van der Waals surface area contributed by atoms with E-state index in [0.29, 0.717) is 17.8 Å². The SMILES string of the molecule is CC(C)C(c1cccc(C(C)(C)C)n1)C(C)C. The van der Waals surface area contributed by atoms with Crippen LogP contribution < -0.4 is 0 Å². The predicted octanol–water partition coefficient (Wildman–Crippen LogP) is 4.77. The molecule has 0 saturated heterocycles. The third kappa shape index (κ3) is 3.55. The van der Waals surface area contributed by atoms with Gasteiger partial charge in [0.2, 0.25) is 0 Å². The van der Waals surface area contributed by atoms with Gasteiger partial charge in [0.25, 0.3) is 0 Å². The number of nitrogens with zero attached hydrogens (tertiary/aromatic N) is 1. The summed E-state index contributed by atoms with van der Waals surface area (Å²) in [6.07, 6.45) is 0. The molecule has 96 valence electrons. The molecule has 0 unspecified atom stereocenters. The lowest BCUT2D eigenvalue weighted by Crippen LogP contribution is -2.19. The van der Waals surface area contributed by atoms with Gasteiger partial charge in [-0.05, 0) is 24.0 Å². The highest BCUT2D eigenvalue weighted by molar-refractivity contribution is 5.20. The third-order valence-electron chi connectivity index (χ3n) is 3.32. The highest BCUT2D eigenvalue weighted by Gasteiger charge is 2.23. The lowest BCUT2D eigenvalue weighted by Gasteiger charge is -2.26. The van der Waals surface area contributed by atoms with Gasteiger partial charge in [-0.3, -0.25) is 4.98 Å². The van der Waals surface area contributed by atoms with E-state index in [-0.39, 0.29) is 5.41 Å². The molecule has 0 atom stereocenters. The molecule has 1 nitrogen and oxygen atoms in total. The fourth-order valence-corrected chi connectivity index (χ4v) is 2.51. The molecule has 0 saturated carbocycles. The van der Waals surface area contributed by atoms with E-state index in [9.17, 15) is 0 Å². The molecule has 0 aliphatic rings. The van der Waals surface area contributed by atoms with Crippen molar-refractivity contribution in [3.05, 3.63) is 29.6 Å². The minimum atomic E-state index is 0.133. The van der Waals surface area contributed by atoms with Crippen LogP contribution in [-0.2, 0) is 5.41 Å². The Labute approximate surface area is 107 Å². The standard InChI is InChI=1S/C16H27N/c1-11(2)15(12(3)4)13-9-8-10-14(17-13)16(5,6)7/h8-12,15H,1-7H3. The molecule has 0 spiro atoms. The zero-order chi connectivity index (χ0) is 13.2. The first-order chi connectivity index (χ1) is 7.73. The third-order valence-corrected chi connectivity index (χ3v) is 3.32. The molecular weight excluding hydrogens is 206 g/mol. The summed E-state index contributed by atoms with van der Waals surface area (Å²) in [5.74, 6) is 1.83. The van der Waals surface area contributed by atoms with Gasteiger partial charge in [0.05, 0.1) is 0 Å². The van der Waals surface area contributed by atoms with Gasteiger partial charge >= 0.3 is 0 Å². The van der Waals surface area contributed by atoms with Crippen LogP contribution in [0.3, 0.4) is 0 Å². The molecule has 1 aromatic rings. The highest BCUT2D eigenvalue weighted by atomic mass is 14.7. The van der Waals surface area contributed by atoms with E-state index in [4.69, 9.17) is 4.98 Å². The molecule has 1 rings (SSSR count). The van der Waals surface area contributed by atoms with Gasteiger partial charge in [0, 0.05) is 22.7 Å². The summed E-state index contributed by atoms with van der Waals surface area (Å²) in [6.45, 7) is 15.8. The Morgan fingerprint density at radius 2 is 1.47 bits per heavy atom. The molecule has 1 heteroatoms. The summed E-state index contributed by atoms with van der Waals surface area (Å²) < 4.78 is 0. The molecule has 0 radical (unpaired) electrons. The summed E-state index contributed by atoms with van der Waals surface area (Å²) in [6, 6.07) is 6.47. The molecule has 0 aliphatic carbocycles. The minimum absolute atomic E-state index is 0.133. The molecule has 0 N–H and O–H groups in total. The van der Waals surface area contributed by atoms with Crippen LogP contribution in [0.5, 0.6) is 0 Å². The maximum absolute atomic E-state index is 4.89. The van der Waals surface area contributed by atoms with E-state index < -0.39 is 0 Å². The van der Waals surface area contributed by atoms with E-state index in [1.807, 2.05) is 0 Å². The first kappa shape index (κ1) is 14.2. The van der Waals surface area contributed by atoms with Crippen molar-refractivity contribution in [1.82, 2.24) is 4.98 Å². The summed E-state index contributed by atoms with van der Waals surface area (Å²) in [7, 11) is 0. The minimum Gasteiger partial charge on any atom is -0.257 e. The molecule has 0 bridgehead atoms. The van der Waals surface area contributed by atoms with Crippen LogP contribution in [0.2, 0.25) is 0 Å². The number of rotatable bonds is 3. The number of pyridine rings is 1. The molecule has 0 aliphatic heterocycles. The predicted molar refractivity (Wildman–Crippen MR) is 75.4 cm³/mol. The molecule has 1 heterocycles. The summed E-state index contributed by atoms with van der Waals surface area (Å²) in [4.78, 5) is 4.89. The van der Waals surface area contributed by atoms with Crippen molar-refractivity contribution in [1.29, 1.82) is 0 Å². The quantitative estimate of drug-likeness (QED) is 0.732. The zero-order valence-electron chi connectivity index (χ0n) is 12.4. The van der Waals surface area contributed by atoms with Crippen LogP contribution in [0.1, 0.15) is 65.8 Å². The van der Waals surface area contributed by atoms with Gasteiger partial charge in [-0.2, -0.15) is 0 Å². The smallest absolute Gasteiger partial charge is 0.0460 e. The van der Waals surface area contributed by atoms with Crippen molar-refractivity contribution < 1.29 is 0 Å². The molecule has 0 fully saturated rings. The normalized spacial score (nSPS) is 12.8. The van der Waals surface area contributed by atoms with E-state index in [1.54, 1.807) is 0 Å². The second-order valence-electron chi connectivity index (χ2n) is 6.71. The molecule has 0 amide bonds. The van der Waals surface area contributed by atoms with Crippen molar-refractivity contribution >= 4 is 0 Å². The number of aromatic nitrogens is 1. The van der Waals surface area contributed by atoms with Gasteiger partial charge in [0.1, 0.15) is 0 Å². The number of hydrogen-bond acceptors (Lipinski definition) is 1. The Hall–Kier alpha value is -0.850. The maximum Gasteiger partial charge on any atom is 0.0460 e. The second-order valence-corrected chi connectivity index (χ2v) is 6.71. The summed E-state index contributed by atoms with van der Waals surface area (Å²) in [5, 5.41) is 0. The number of hydrogen-bond donors (Lipinski definition) is 0. The van der Waals surface area contributed by atoms with Crippen LogP contribution in [0, 0.1) is 11.8 Å². The van der Waals surface area contributed by atoms with Crippen molar-refractivity contribution in [2.24, 2.45) is 11.8 Å². The zero-order valence-corrected chi connectivity index (χ0v) is 12.4. The highest BCUT2D eigenvalue weighted by Crippen LogP contribution is 2.31. The van der Waals surface area contributed by atoms with Crippen LogP contribution >= 0.6 is 0 Å². The lowest BCUT2D eigenvalue weighted by molar-refractivity contribution is 0.377. The van der Waals surface area contributed by atoms with Crippen LogP contribution in [0.15, 0.2) is 18.2 Å². The average Bonchev–Trinajstić information content (AvgIpc) is 2.15. The Bertz CT molecular complexity index is 350. The van der Waals surface area contributed by atoms with Crippen LogP contribution in [0.25, 0.3) is 0 Å². The first-order valence-electron chi connectivity index (χ1n) is 6.71. The van der Waals surface area contributed by atoms with Gasteiger partial charge in [-0.15, -0.1) is 0 Å². The summed E-state index contributed by atoms with van der Waals surface area (Å²) >= 11 is 0. The Balaban J connectivity index is 3.14. The summed E-state index contributed by atoms with van der Waals surface area (Å²) in [5.41, 5.74) is 2.58. The van der Waals surface area contributed by atoms with E-state index >= 15 is 0 Å². The van der Waals surface area contributed by atoms with Crippen LogP contribution in [-0.4, -0.2) is 4.98 Å². The maximum atomic E-state index is 4.89. The van der Waals surface area contributed by atoms with Crippen molar-refractivity contribution in [3.63, 3.8) is 0 Å². The molecule has 1 aromatic heterocycles. The Morgan fingerprint density at radius 3 is 1.88 bits per heavy atom. The van der Waals surface area contributed by atoms with Crippen molar-refractivity contribution in [2.75, 3.05) is 0 Å². The van der Waals surface area contributed by atoms with Crippen molar-refractivity contribution in [3.8, 4) is 0 Å². The van der Waals surface area contributed by atoms with Gasteiger partial charge < -0.3 is 0 Å². The topological polar surface area (TPSA) is 12.9 Å². The van der Waals surface area contributed by atoms with Crippen molar-refractivity contribution in [2.45, 2.75) is 59.8 Å². The largest absolute Gasteiger partial charge is 0.257 e. The molecule has 17 heavy (non-hydrogen) atoms. The van der Waals surface area contributed by atoms with Crippen LogP contribution in [0.4, 0.5) is 0 Å². The second kappa shape index (κ2) is 5.20. The molecular formula is C16H27N. The van der Waals surface area contributed by atoms with E-state index in [2.05, 4.69) is 66.7 Å². The van der Waals surface area contributed by atoms with Gasteiger partial charge in [0.15, 0.2) is 0 Å². The Kier molecular flexibility index (Phi) is 4.35. The lowest BCUT2D eigenvalue weighted by atomic mass is 9.82. The van der Waals surface area contributed by atoms with Gasteiger partial charge in [-0.25, -0.2) is 0 Å². The average molecular weight is 233 g/mol. The molecule has 0 aromatic carbocycles. The first-order valence-corrected chi connectivity index (χ1v) is 6.71. The Morgan fingerprint density at radius 1 is 0.941 bits per heavy atom. The van der Waals surface area contributed by atoms with E-state index in [0.717, 1.165) is 0 Å². The van der Waals surface area contributed by atoms with Gasteiger partial charge in [-0.1, -0.05) is 54.5 Å². The van der Waals surface area contributed by atoms with E-state index in [1.165, 1.54) is 11.4 Å². The fourth-order valence-electron chi connectivity index (χ4n) is 2.51. The fraction of sp³-hybridized carbons (Fsp3) is 0.688. The monoisotopic (exact) mass is 233 g/mol.